The van der Waals surface area contributed by atoms with Crippen molar-refractivity contribution in [3.63, 3.8) is 0 Å². The molecule has 0 aromatic rings. The fourth-order valence-corrected chi connectivity index (χ4v) is 2.29. The molecule has 2 aliphatic carbocycles. The fourth-order valence-electron chi connectivity index (χ4n) is 2.29. The minimum absolute atomic E-state index is 0.0255. The zero-order valence-electron chi connectivity index (χ0n) is 11.4. The number of hydrogen-bond acceptors (Lipinski definition) is 3. The second-order valence-electron chi connectivity index (χ2n) is 5.45. The van der Waals surface area contributed by atoms with Crippen molar-refractivity contribution in [1.82, 2.24) is 4.90 Å². The Labute approximate surface area is 105 Å². The number of ether oxygens (including phenoxy) is 2. The summed E-state index contributed by atoms with van der Waals surface area (Å²) in [7, 11) is 0. The zero-order chi connectivity index (χ0) is 12.1. The van der Waals surface area contributed by atoms with E-state index in [2.05, 4.69) is 4.90 Å². The Morgan fingerprint density at radius 1 is 0.941 bits per heavy atom. The van der Waals surface area contributed by atoms with Crippen LogP contribution in [-0.4, -0.2) is 44.0 Å². The van der Waals surface area contributed by atoms with Crippen LogP contribution in [-0.2, 0) is 9.47 Å². The summed E-state index contributed by atoms with van der Waals surface area (Å²) in [6.45, 7) is 9.03. The van der Waals surface area contributed by atoms with Gasteiger partial charge in [0.15, 0.2) is 6.29 Å². The molecule has 0 saturated heterocycles. The average molecular weight is 241 g/mol. The van der Waals surface area contributed by atoms with E-state index in [1.165, 1.54) is 38.8 Å². The molecule has 3 nitrogen and oxygen atoms in total. The first-order valence-electron chi connectivity index (χ1n) is 7.27. The van der Waals surface area contributed by atoms with Crippen molar-refractivity contribution in [1.29, 1.82) is 0 Å². The average Bonchev–Trinajstić information content (AvgIpc) is 3.14. The van der Waals surface area contributed by atoms with Crippen LogP contribution in [0.5, 0.6) is 0 Å². The fraction of sp³-hybridized carbons (Fsp3) is 1.00. The standard InChI is InChI=1S/C14H27NO2/c1-3-16-14(17-4-2)11-15(9-12-5-6-12)10-13-7-8-13/h12-14H,3-11H2,1-2H3. The molecule has 0 radical (unpaired) electrons. The molecule has 0 aliphatic heterocycles. The van der Waals surface area contributed by atoms with E-state index in [9.17, 15) is 0 Å². The van der Waals surface area contributed by atoms with Crippen molar-refractivity contribution in [3.05, 3.63) is 0 Å². The monoisotopic (exact) mass is 241 g/mol. The normalized spacial score (nSPS) is 20.5. The lowest BCUT2D eigenvalue weighted by atomic mass is 10.3. The summed E-state index contributed by atoms with van der Waals surface area (Å²) in [6.07, 6.45) is 5.68. The van der Waals surface area contributed by atoms with E-state index < -0.39 is 0 Å². The van der Waals surface area contributed by atoms with Gasteiger partial charge in [-0.25, -0.2) is 0 Å². The predicted octanol–water partition coefficient (Wildman–Crippen LogP) is 2.51. The molecule has 0 bridgehead atoms. The van der Waals surface area contributed by atoms with Gasteiger partial charge in [0, 0.05) is 32.8 Å². The molecule has 17 heavy (non-hydrogen) atoms. The molecule has 0 atom stereocenters. The highest BCUT2D eigenvalue weighted by molar-refractivity contribution is 4.82. The van der Waals surface area contributed by atoms with Gasteiger partial charge in [-0.1, -0.05) is 0 Å². The summed E-state index contributed by atoms with van der Waals surface area (Å²) in [5.41, 5.74) is 0. The Hall–Kier alpha value is -0.120. The summed E-state index contributed by atoms with van der Waals surface area (Å²) < 4.78 is 11.3. The SMILES string of the molecule is CCOC(CN(CC1CC1)CC1CC1)OCC. The first-order valence-corrected chi connectivity index (χ1v) is 7.27. The molecule has 3 heteroatoms. The van der Waals surface area contributed by atoms with E-state index in [1.54, 1.807) is 0 Å². The van der Waals surface area contributed by atoms with Crippen LogP contribution in [0.1, 0.15) is 39.5 Å². The van der Waals surface area contributed by atoms with Crippen LogP contribution in [0.15, 0.2) is 0 Å². The Bertz CT molecular complexity index is 194. The Balaban J connectivity index is 1.74. The highest BCUT2D eigenvalue weighted by Crippen LogP contribution is 2.33. The topological polar surface area (TPSA) is 21.7 Å². The molecule has 2 fully saturated rings. The summed E-state index contributed by atoms with van der Waals surface area (Å²) in [6, 6.07) is 0. The maximum absolute atomic E-state index is 5.65. The lowest BCUT2D eigenvalue weighted by Gasteiger charge is -2.27. The van der Waals surface area contributed by atoms with Crippen molar-refractivity contribution < 1.29 is 9.47 Å². The molecule has 0 amide bonds. The third-order valence-corrected chi connectivity index (χ3v) is 3.54. The second-order valence-corrected chi connectivity index (χ2v) is 5.45. The Kier molecular flexibility index (Phi) is 5.26. The minimum atomic E-state index is -0.0255. The third kappa shape index (κ3) is 5.36. The van der Waals surface area contributed by atoms with Gasteiger partial charge in [-0.2, -0.15) is 0 Å². The lowest BCUT2D eigenvalue weighted by molar-refractivity contribution is -0.147. The van der Waals surface area contributed by atoms with Gasteiger partial charge >= 0.3 is 0 Å². The number of rotatable bonds is 10. The maximum Gasteiger partial charge on any atom is 0.170 e. The van der Waals surface area contributed by atoms with E-state index in [0.717, 1.165) is 31.6 Å². The van der Waals surface area contributed by atoms with Crippen LogP contribution in [0.25, 0.3) is 0 Å². The third-order valence-electron chi connectivity index (χ3n) is 3.54. The van der Waals surface area contributed by atoms with Crippen molar-refractivity contribution in [2.75, 3.05) is 32.8 Å². The van der Waals surface area contributed by atoms with Crippen LogP contribution in [0.4, 0.5) is 0 Å². The van der Waals surface area contributed by atoms with Crippen LogP contribution < -0.4 is 0 Å². The summed E-state index contributed by atoms with van der Waals surface area (Å²) in [5.74, 6) is 1.91. The summed E-state index contributed by atoms with van der Waals surface area (Å²) >= 11 is 0. The first kappa shape index (κ1) is 13.3. The van der Waals surface area contributed by atoms with Crippen LogP contribution in [0.2, 0.25) is 0 Å². The van der Waals surface area contributed by atoms with Crippen LogP contribution in [0, 0.1) is 11.8 Å². The van der Waals surface area contributed by atoms with Crippen molar-refractivity contribution >= 4 is 0 Å². The van der Waals surface area contributed by atoms with Crippen molar-refractivity contribution in [2.45, 2.75) is 45.8 Å². The molecule has 2 saturated carbocycles. The largest absolute Gasteiger partial charge is 0.352 e. The number of hydrogen-bond donors (Lipinski definition) is 0. The zero-order valence-corrected chi connectivity index (χ0v) is 11.4. The molecule has 0 aromatic carbocycles. The van der Waals surface area contributed by atoms with E-state index in [0.29, 0.717) is 0 Å². The lowest BCUT2D eigenvalue weighted by Crippen LogP contribution is -2.38. The first-order chi connectivity index (χ1) is 8.31. The molecule has 2 aliphatic rings. The smallest absolute Gasteiger partial charge is 0.170 e. The molecular formula is C14H27NO2. The molecule has 0 aromatic heterocycles. The van der Waals surface area contributed by atoms with Gasteiger partial charge in [0.1, 0.15) is 0 Å². The quantitative estimate of drug-likeness (QED) is 0.549. The van der Waals surface area contributed by atoms with Gasteiger partial charge in [0.05, 0.1) is 0 Å². The van der Waals surface area contributed by atoms with Crippen molar-refractivity contribution in [2.24, 2.45) is 11.8 Å². The van der Waals surface area contributed by atoms with Gasteiger partial charge in [-0.3, -0.25) is 4.90 Å². The highest BCUT2D eigenvalue weighted by Gasteiger charge is 2.30. The molecule has 0 heterocycles. The molecule has 0 spiro atoms. The molecular weight excluding hydrogens is 214 g/mol. The molecule has 0 unspecified atom stereocenters. The summed E-state index contributed by atoms with van der Waals surface area (Å²) in [5, 5.41) is 0. The maximum atomic E-state index is 5.65. The summed E-state index contributed by atoms with van der Waals surface area (Å²) in [4.78, 5) is 2.57. The number of nitrogens with zero attached hydrogens (tertiary/aromatic N) is 1. The Morgan fingerprint density at radius 3 is 1.76 bits per heavy atom. The molecule has 0 N–H and O–H groups in total. The van der Waals surface area contributed by atoms with Gasteiger partial charge in [0.2, 0.25) is 0 Å². The Morgan fingerprint density at radius 2 is 1.41 bits per heavy atom. The van der Waals surface area contributed by atoms with Gasteiger partial charge in [0.25, 0.3) is 0 Å². The van der Waals surface area contributed by atoms with Crippen LogP contribution in [0.3, 0.4) is 0 Å². The van der Waals surface area contributed by atoms with Gasteiger partial charge < -0.3 is 9.47 Å². The van der Waals surface area contributed by atoms with Crippen molar-refractivity contribution in [3.8, 4) is 0 Å². The van der Waals surface area contributed by atoms with Crippen LogP contribution >= 0.6 is 0 Å². The van der Waals surface area contributed by atoms with Gasteiger partial charge in [-0.05, 0) is 51.4 Å². The van der Waals surface area contributed by atoms with E-state index in [4.69, 9.17) is 9.47 Å². The predicted molar refractivity (Wildman–Crippen MR) is 68.9 cm³/mol. The van der Waals surface area contributed by atoms with Gasteiger partial charge in [-0.15, -0.1) is 0 Å². The van der Waals surface area contributed by atoms with E-state index >= 15 is 0 Å². The molecule has 2 rings (SSSR count). The molecule has 100 valence electrons. The van der Waals surface area contributed by atoms with E-state index in [-0.39, 0.29) is 6.29 Å². The second kappa shape index (κ2) is 6.72. The highest BCUT2D eigenvalue weighted by atomic mass is 16.7. The van der Waals surface area contributed by atoms with E-state index in [1.807, 2.05) is 13.8 Å². The minimum Gasteiger partial charge on any atom is -0.352 e.